The Bertz CT molecular complexity index is 290. The number of carbonyl (C=O) groups is 1. The fourth-order valence-corrected chi connectivity index (χ4v) is 2.10. The second kappa shape index (κ2) is 6.61. The van der Waals surface area contributed by atoms with Crippen LogP contribution in [0.1, 0.15) is 33.6 Å². The molecule has 17 heavy (non-hydrogen) atoms. The molecule has 96 valence electrons. The van der Waals surface area contributed by atoms with Crippen LogP contribution < -0.4 is 0 Å². The van der Waals surface area contributed by atoms with Crippen molar-refractivity contribution in [3.8, 4) is 6.07 Å². The van der Waals surface area contributed by atoms with E-state index in [2.05, 4.69) is 6.07 Å². The highest BCUT2D eigenvalue weighted by Crippen LogP contribution is 2.17. The quantitative estimate of drug-likeness (QED) is 0.734. The van der Waals surface area contributed by atoms with Crippen molar-refractivity contribution in [2.75, 3.05) is 19.7 Å². The third-order valence-corrected chi connectivity index (χ3v) is 3.21. The maximum Gasteiger partial charge on any atom is 0.240 e. The SMILES string of the molecule is CCN(CC1CCCO1)C(=O)C(C#N)C(C)C. The number of nitriles is 1. The summed E-state index contributed by atoms with van der Waals surface area (Å²) in [6, 6.07) is 2.11. The van der Waals surface area contributed by atoms with Crippen molar-refractivity contribution >= 4 is 5.91 Å². The summed E-state index contributed by atoms with van der Waals surface area (Å²) in [7, 11) is 0. The van der Waals surface area contributed by atoms with Gasteiger partial charge in [0.2, 0.25) is 5.91 Å². The van der Waals surface area contributed by atoms with Gasteiger partial charge in [-0.05, 0) is 25.7 Å². The van der Waals surface area contributed by atoms with Gasteiger partial charge in [-0.3, -0.25) is 4.79 Å². The molecule has 1 rings (SSSR count). The van der Waals surface area contributed by atoms with Crippen molar-refractivity contribution in [3.05, 3.63) is 0 Å². The first-order chi connectivity index (χ1) is 8.10. The van der Waals surface area contributed by atoms with Crippen LogP contribution in [0.15, 0.2) is 0 Å². The summed E-state index contributed by atoms with van der Waals surface area (Å²) < 4.78 is 5.53. The molecule has 2 unspecified atom stereocenters. The van der Waals surface area contributed by atoms with Gasteiger partial charge in [0.1, 0.15) is 5.92 Å². The van der Waals surface area contributed by atoms with Gasteiger partial charge >= 0.3 is 0 Å². The zero-order valence-corrected chi connectivity index (χ0v) is 11.0. The van der Waals surface area contributed by atoms with Crippen molar-refractivity contribution in [2.45, 2.75) is 39.7 Å². The smallest absolute Gasteiger partial charge is 0.240 e. The molecule has 0 bridgehead atoms. The highest BCUT2D eigenvalue weighted by molar-refractivity contribution is 5.81. The summed E-state index contributed by atoms with van der Waals surface area (Å²) in [6.07, 6.45) is 2.25. The molecule has 1 amide bonds. The first-order valence-electron chi connectivity index (χ1n) is 6.40. The number of ether oxygens (including phenoxy) is 1. The van der Waals surface area contributed by atoms with E-state index >= 15 is 0 Å². The highest BCUT2D eigenvalue weighted by Gasteiger charge is 2.28. The molecular weight excluding hydrogens is 216 g/mol. The van der Waals surface area contributed by atoms with Gasteiger partial charge in [0.05, 0.1) is 12.2 Å². The third-order valence-electron chi connectivity index (χ3n) is 3.21. The summed E-state index contributed by atoms with van der Waals surface area (Å²) >= 11 is 0. The van der Waals surface area contributed by atoms with E-state index in [1.54, 1.807) is 4.90 Å². The fraction of sp³-hybridized carbons (Fsp3) is 0.846. The summed E-state index contributed by atoms with van der Waals surface area (Å²) in [6.45, 7) is 7.82. The first-order valence-corrected chi connectivity index (χ1v) is 6.40. The minimum Gasteiger partial charge on any atom is -0.376 e. The number of nitrogens with zero attached hydrogens (tertiary/aromatic N) is 2. The van der Waals surface area contributed by atoms with Crippen LogP contribution in [0, 0.1) is 23.2 Å². The van der Waals surface area contributed by atoms with Crippen LogP contribution in [0.5, 0.6) is 0 Å². The maximum atomic E-state index is 12.2. The van der Waals surface area contributed by atoms with Crippen LogP contribution in [0.3, 0.4) is 0 Å². The lowest BCUT2D eigenvalue weighted by molar-refractivity contribution is -0.136. The largest absolute Gasteiger partial charge is 0.376 e. The summed E-state index contributed by atoms with van der Waals surface area (Å²) in [5.41, 5.74) is 0. The number of hydrogen-bond acceptors (Lipinski definition) is 3. The summed E-state index contributed by atoms with van der Waals surface area (Å²) in [4.78, 5) is 13.9. The molecular formula is C13H22N2O2. The Morgan fingerprint density at radius 3 is 2.71 bits per heavy atom. The molecule has 1 heterocycles. The normalized spacial score (nSPS) is 21.2. The Kier molecular flexibility index (Phi) is 5.43. The molecule has 4 nitrogen and oxygen atoms in total. The number of rotatable bonds is 5. The van der Waals surface area contributed by atoms with E-state index in [0.29, 0.717) is 13.1 Å². The molecule has 0 aliphatic carbocycles. The van der Waals surface area contributed by atoms with Gasteiger partial charge in [-0.25, -0.2) is 0 Å². The molecule has 4 heteroatoms. The van der Waals surface area contributed by atoms with E-state index in [4.69, 9.17) is 10.00 Å². The maximum absolute atomic E-state index is 12.2. The summed E-state index contributed by atoms with van der Waals surface area (Å²) in [5.74, 6) is -0.525. The minimum absolute atomic E-state index is 0.0551. The van der Waals surface area contributed by atoms with E-state index in [1.165, 1.54) is 0 Å². The lowest BCUT2D eigenvalue weighted by Gasteiger charge is -2.27. The van der Waals surface area contributed by atoms with Gasteiger partial charge in [-0.15, -0.1) is 0 Å². The van der Waals surface area contributed by atoms with Gasteiger partial charge < -0.3 is 9.64 Å². The van der Waals surface area contributed by atoms with E-state index in [-0.39, 0.29) is 17.9 Å². The van der Waals surface area contributed by atoms with E-state index in [0.717, 1.165) is 19.4 Å². The molecule has 2 atom stereocenters. The lowest BCUT2D eigenvalue weighted by atomic mass is 9.96. The first kappa shape index (κ1) is 14.0. The molecule has 0 radical (unpaired) electrons. The van der Waals surface area contributed by atoms with Crippen LogP contribution in [0.25, 0.3) is 0 Å². The minimum atomic E-state index is -0.531. The number of carbonyl (C=O) groups excluding carboxylic acids is 1. The summed E-state index contributed by atoms with van der Waals surface area (Å²) in [5, 5.41) is 9.04. The van der Waals surface area contributed by atoms with Crippen LogP contribution >= 0.6 is 0 Å². The molecule has 0 aromatic carbocycles. The molecule has 1 aliphatic rings. The van der Waals surface area contributed by atoms with Crippen molar-refractivity contribution in [3.63, 3.8) is 0 Å². The van der Waals surface area contributed by atoms with Crippen molar-refractivity contribution in [2.24, 2.45) is 11.8 Å². The zero-order chi connectivity index (χ0) is 12.8. The van der Waals surface area contributed by atoms with E-state index < -0.39 is 5.92 Å². The van der Waals surface area contributed by atoms with Crippen LogP contribution in [-0.2, 0) is 9.53 Å². The van der Waals surface area contributed by atoms with Crippen LogP contribution in [0.2, 0.25) is 0 Å². The second-order valence-electron chi connectivity index (χ2n) is 4.86. The fourth-order valence-electron chi connectivity index (χ4n) is 2.10. The molecule has 0 spiro atoms. The standard InChI is InChI=1S/C13H22N2O2/c1-4-15(9-11-6-5-7-17-11)13(16)12(8-14)10(2)3/h10-12H,4-7,9H2,1-3H3. The number of likely N-dealkylation sites (N-methyl/N-ethyl adjacent to an activating group) is 1. The van der Waals surface area contributed by atoms with Crippen LogP contribution in [0.4, 0.5) is 0 Å². The van der Waals surface area contributed by atoms with Gasteiger partial charge in [0, 0.05) is 19.7 Å². The van der Waals surface area contributed by atoms with Gasteiger partial charge in [0.15, 0.2) is 0 Å². The lowest BCUT2D eigenvalue weighted by Crippen LogP contribution is -2.41. The van der Waals surface area contributed by atoms with Crippen LogP contribution in [-0.4, -0.2) is 36.6 Å². The van der Waals surface area contributed by atoms with Gasteiger partial charge in [-0.2, -0.15) is 5.26 Å². The molecule has 1 fully saturated rings. The van der Waals surface area contributed by atoms with Gasteiger partial charge in [-0.1, -0.05) is 13.8 Å². The molecule has 0 aromatic rings. The Morgan fingerprint density at radius 2 is 2.29 bits per heavy atom. The molecule has 0 aromatic heterocycles. The van der Waals surface area contributed by atoms with E-state index in [1.807, 2.05) is 20.8 Å². The topological polar surface area (TPSA) is 53.3 Å². The van der Waals surface area contributed by atoms with E-state index in [9.17, 15) is 4.79 Å². The monoisotopic (exact) mass is 238 g/mol. The zero-order valence-electron chi connectivity index (χ0n) is 11.0. The van der Waals surface area contributed by atoms with Crippen molar-refractivity contribution in [1.82, 2.24) is 4.90 Å². The molecule has 0 saturated carbocycles. The Morgan fingerprint density at radius 1 is 1.59 bits per heavy atom. The average molecular weight is 238 g/mol. The Labute approximate surface area is 104 Å². The third kappa shape index (κ3) is 3.71. The molecule has 1 aliphatic heterocycles. The predicted molar refractivity (Wildman–Crippen MR) is 65.2 cm³/mol. The van der Waals surface area contributed by atoms with Crippen molar-refractivity contribution < 1.29 is 9.53 Å². The number of hydrogen-bond donors (Lipinski definition) is 0. The molecule has 1 saturated heterocycles. The Balaban J connectivity index is 2.59. The predicted octanol–water partition coefficient (Wildman–Crippen LogP) is 1.81. The molecule has 0 N–H and O–H groups in total. The van der Waals surface area contributed by atoms with Crippen molar-refractivity contribution in [1.29, 1.82) is 5.26 Å². The Hall–Kier alpha value is -1.08. The average Bonchev–Trinajstić information content (AvgIpc) is 2.78. The number of amides is 1. The highest BCUT2D eigenvalue weighted by atomic mass is 16.5. The second-order valence-corrected chi connectivity index (χ2v) is 4.86. The van der Waals surface area contributed by atoms with Gasteiger partial charge in [0.25, 0.3) is 0 Å².